The SMILES string of the molecule is CCSc1nc2n(n1)C(c1ccccc1OCc1ccc(Cl)cc1)C(C(=O)OCc1ccccc1)=C(C)N2. The van der Waals surface area contributed by atoms with Crippen molar-refractivity contribution in [1.82, 2.24) is 14.8 Å². The molecule has 5 rings (SSSR count). The van der Waals surface area contributed by atoms with Crippen molar-refractivity contribution in [3.05, 3.63) is 112 Å². The Morgan fingerprint density at radius 1 is 1.00 bits per heavy atom. The zero-order valence-corrected chi connectivity index (χ0v) is 22.6. The topological polar surface area (TPSA) is 78.3 Å². The molecule has 0 radical (unpaired) electrons. The Kier molecular flexibility index (Phi) is 8.00. The normalized spacial score (nSPS) is 14.6. The number of hydrogen-bond acceptors (Lipinski definition) is 7. The van der Waals surface area contributed by atoms with Crippen LogP contribution in [0.25, 0.3) is 0 Å². The molecular weight excluding hydrogens is 520 g/mol. The second kappa shape index (κ2) is 11.8. The van der Waals surface area contributed by atoms with E-state index in [4.69, 9.17) is 26.2 Å². The maximum atomic E-state index is 13.6. The van der Waals surface area contributed by atoms with E-state index >= 15 is 0 Å². The molecule has 0 aliphatic carbocycles. The minimum atomic E-state index is -0.588. The average molecular weight is 547 g/mol. The number of ether oxygens (including phenoxy) is 2. The van der Waals surface area contributed by atoms with Gasteiger partial charge in [-0.15, -0.1) is 5.10 Å². The Bertz CT molecular complexity index is 1450. The first-order chi connectivity index (χ1) is 18.5. The van der Waals surface area contributed by atoms with Crippen LogP contribution in [0.15, 0.2) is 95.3 Å². The van der Waals surface area contributed by atoms with E-state index in [-0.39, 0.29) is 6.61 Å². The van der Waals surface area contributed by atoms with Gasteiger partial charge in [0, 0.05) is 16.3 Å². The fourth-order valence-corrected chi connectivity index (χ4v) is 4.93. The molecule has 9 heteroatoms. The predicted molar refractivity (Wildman–Crippen MR) is 149 cm³/mol. The van der Waals surface area contributed by atoms with Gasteiger partial charge in [-0.1, -0.05) is 91.0 Å². The van der Waals surface area contributed by atoms with Crippen LogP contribution < -0.4 is 10.1 Å². The third-order valence-corrected chi connectivity index (χ3v) is 7.03. The third-order valence-electron chi connectivity index (χ3n) is 6.06. The predicted octanol–water partition coefficient (Wildman–Crippen LogP) is 6.65. The first kappa shape index (κ1) is 25.9. The van der Waals surface area contributed by atoms with Gasteiger partial charge in [0.2, 0.25) is 11.1 Å². The molecule has 38 heavy (non-hydrogen) atoms. The van der Waals surface area contributed by atoms with E-state index in [1.807, 2.05) is 92.7 Å². The summed E-state index contributed by atoms with van der Waals surface area (Å²) in [4.78, 5) is 18.2. The number of carbonyl (C=O) groups is 1. The highest BCUT2D eigenvalue weighted by molar-refractivity contribution is 7.99. The van der Waals surface area contributed by atoms with Crippen molar-refractivity contribution in [2.75, 3.05) is 11.1 Å². The molecule has 0 spiro atoms. The number of hydrogen-bond donors (Lipinski definition) is 1. The van der Waals surface area contributed by atoms with E-state index in [0.29, 0.717) is 39.8 Å². The van der Waals surface area contributed by atoms with Crippen LogP contribution in [0.2, 0.25) is 5.02 Å². The highest BCUT2D eigenvalue weighted by atomic mass is 35.5. The van der Waals surface area contributed by atoms with Crippen LogP contribution in [0.4, 0.5) is 5.95 Å². The lowest BCUT2D eigenvalue weighted by molar-refractivity contribution is -0.140. The van der Waals surface area contributed by atoms with E-state index in [0.717, 1.165) is 22.4 Å². The largest absolute Gasteiger partial charge is 0.489 e. The number of esters is 1. The van der Waals surface area contributed by atoms with Crippen LogP contribution in [0.1, 0.15) is 36.6 Å². The van der Waals surface area contributed by atoms with Gasteiger partial charge in [-0.25, -0.2) is 9.48 Å². The van der Waals surface area contributed by atoms with E-state index in [1.54, 1.807) is 4.68 Å². The fourth-order valence-electron chi connectivity index (χ4n) is 4.25. The second-order valence-electron chi connectivity index (χ2n) is 8.68. The lowest BCUT2D eigenvalue weighted by atomic mass is 9.95. The van der Waals surface area contributed by atoms with Gasteiger partial charge < -0.3 is 14.8 Å². The molecule has 1 aromatic heterocycles. The van der Waals surface area contributed by atoms with Crippen molar-refractivity contribution in [2.24, 2.45) is 0 Å². The van der Waals surface area contributed by atoms with Gasteiger partial charge in [-0.3, -0.25) is 0 Å². The summed E-state index contributed by atoms with van der Waals surface area (Å²) < 4.78 is 13.8. The van der Waals surface area contributed by atoms with E-state index in [2.05, 4.69) is 10.3 Å². The van der Waals surface area contributed by atoms with Gasteiger partial charge in [-0.2, -0.15) is 4.98 Å². The molecule has 1 N–H and O–H groups in total. The number of nitrogens with zero attached hydrogens (tertiary/aromatic N) is 3. The Balaban J connectivity index is 1.50. The molecule has 7 nitrogen and oxygen atoms in total. The quantitative estimate of drug-likeness (QED) is 0.186. The van der Waals surface area contributed by atoms with Crippen molar-refractivity contribution in [3.63, 3.8) is 0 Å². The molecule has 0 fully saturated rings. The second-order valence-corrected chi connectivity index (χ2v) is 10.3. The summed E-state index contributed by atoms with van der Waals surface area (Å²) in [7, 11) is 0. The minimum Gasteiger partial charge on any atom is -0.489 e. The Hall–Kier alpha value is -3.75. The molecule has 1 aliphatic heterocycles. The van der Waals surface area contributed by atoms with Crippen LogP contribution in [0.5, 0.6) is 5.75 Å². The van der Waals surface area contributed by atoms with Crippen molar-refractivity contribution >= 4 is 35.3 Å². The fraction of sp³-hybridized carbons (Fsp3) is 0.207. The Morgan fingerprint density at radius 2 is 1.71 bits per heavy atom. The lowest BCUT2D eigenvalue weighted by Crippen LogP contribution is -2.30. The molecule has 0 bridgehead atoms. The number of halogens is 1. The number of anilines is 1. The molecule has 0 amide bonds. The summed E-state index contributed by atoms with van der Waals surface area (Å²) in [5.41, 5.74) is 3.79. The van der Waals surface area contributed by atoms with Crippen LogP contribution in [-0.2, 0) is 22.7 Å². The van der Waals surface area contributed by atoms with Crippen molar-refractivity contribution in [3.8, 4) is 5.75 Å². The number of benzene rings is 3. The Labute approximate surface area is 230 Å². The van der Waals surface area contributed by atoms with Crippen molar-refractivity contribution in [2.45, 2.75) is 38.3 Å². The first-order valence-electron chi connectivity index (χ1n) is 12.3. The standard InChI is InChI=1S/C29H27ClN4O3S/c1-3-38-29-32-28-31-19(2)25(27(35)37-18-20-9-5-4-6-10-20)26(34(28)33-29)23-11-7-8-12-24(23)36-17-21-13-15-22(30)16-14-21/h4-16,26H,3,17-18H2,1-2H3,(H,31,32,33). The summed E-state index contributed by atoms with van der Waals surface area (Å²) in [5.74, 6) is 1.60. The number of thioether (sulfide) groups is 1. The molecular formula is C29H27ClN4O3S. The zero-order valence-electron chi connectivity index (χ0n) is 21.1. The molecule has 0 saturated heterocycles. The number of allylic oxidation sites excluding steroid dienone is 1. The summed E-state index contributed by atoms with van der Waals surface area (Å²) in [5, 5.41) is 9.30. The summed E-state index contributed by atoms with van der Waals surface area (Å²) >= 11 is 7.58. The molecule has 3 aromatic carbocycles. The van der Waals surface area contributed by atoms with Crippen LogP contribution in [-0.4, -0.2) is 26.5 Å². The summed E-state index contributed by atoms with van der Waals surface area (Å²) in [6.07, 6.45) is 0. The number of carbonyl (C=O) groups excluding carboxylic acids is 1. The monoisotopic (exact) mass is 546 g/mol. The summed E-state index contributed by atoms with van der Waals surface area (Å²) in [6, 6.07) is 24.2. The lowest BCUT2D eigenvalue weighted by Gasteiger charge is -2.29. The molecule has 0 saturated carbocycles. The molecule has 1 atom stereocenters. The van der Waals surface area contributed by atoms with Crippen LogP contribution in [0, 0.1) is 0 Å². The van der Waals surface area contributed by atoms with E-state index in [1.165, 1.54) is 11.8 Å². The number of nitrogens with one attached hydrogen (secondary N) is 1. The first-order valence-corrected chi connectivity index (χ1v) is 13.6. The average Bonchev–Trinajstić information content (AvgIpc) is 3.33. The highest BCUT2D eigenvalue weighted by Crippen LogP contribution is 2.40. The number of aromatic nitrogens is 3. The highest BCUT2D eigenvalue weighted by Gasteiger charge is 2.37. The van der Waals surface area contributed by atoms with Crippen molar-refractivity contribution in [1.29, 1.82) is 0 Å². The molecule has 4 aromatic rings. The maximum Gasteiger partial charge on any atom is 0.338 e. The third kappa shape index (κ3) is 5.71. The van der Waals surface area contributed by atoms with Gasteiger partial charge in [0.15, 0.2) is 0 Å². The van der Waals surface area contributed by atoms with Crippen molar-refractivity contribution < 1.29 is 14.3 Å². The maximum absolute atomic E-state index is 13.6. The minimum absolute atomic E-state index is 0.166. The molecule has 1 unspecified atom stereocenters. The van der Waals surface area contributed by atoms with Gasteiger partial charge >= 0.3 is 5.97 Å². The molecule has 194 valence electrons. The van der Waals surface area contributed by atoms with Crippen LogP contribution >= 0.6 is 23.4 Å². The van der Waals surface area contributed by atoms with E-state index < -0.39 is 12.0 Å². The molecule has 2 heterocycles. The van der Waals surface area contributed by atoms with Gasteiger partial charge in [-0.05, 0) is 42.0 Å². The van der Waals surface area contributed by atoms with E-state index in [9.17, 15) is 4.79 Å². The van der Waals surface area contributed by atoms with Gasteiger partial charge in [0.05, 0.1) is 5.57 Å². The number of rotatable bonds is 9. The number of fused-ring (bicyclic) bond motifs is 1. The smallest absolute Gasteiger partial charge is 0.338 e. The molecule has 1 aliphatic rings. The van der Waals surface area contributed by atoms with Crippen LogP contribution in [0.3, 0.4) is 0 Å². The Morgan fingerprint density at radius 3 is 2.47 bits per heavy atom. The number of para-hydroxylation sites is 1. The zero-order chi connectivity index (χ0) is 26.5. The van der Waals surface area contributed by atoms with Gasteiger partial charge in [0.1, 0.15) is 25.0 Å². The van der Waals surface area contributed by atoms with Gasteiger partial charge in [0.25, 0.3) is 0 Å². The summed E-state index contributed by atoms with van der Waals surface area (Å²) in [6.45, 7) is 4.41.